The summed E-state index contributed by atoms with van der Waals surface area (Å²) in [5.74, 6) is 0.669. The SMILES string of the molecule is O=C(Nc1ccc(-n2cncn2)nc1)N1CCC[C@@H](N2CCCC2)C1. The Kier molecular flexibility index (Phi) is 4.60. The van der Waals surface area contributed by atoms with Gasteiger partial charge in [-0.05, 0) is 50.9 Å². The molecule has 8 nitrogen and oxygen atoms in total. The maximum Gasteiger partial charge on any atom is 0.321 e. The lowest BCUT2D eigenvalue weighted by Crippen LogP contribution is -2.50. The number of pyridine rings is 1. The summed E-state index contributed by atoms with van der Waals surface area (Å²) in [4.78, 5) is 25.3. The zero-order valence-electron chi connectivity index (χ0n) is 14.2. The number of nitrogens with zero attached hydrogens (tertiary/aromatic N) is 6. The summed E-state index contributed by atoms with van der Waals surface area (Å²) in [6.07, 6.45) is 9.53. The van der Waals surface area contributed by atoms with Crippen molar-refractivity contribution in [3.05, 3.63) is 31.0 Å². The van der Waals surface area contributed by atoms with Gasteiger partial charge in [-0.15, -0.1) is 0 Å². The van der Waals surface area contributed by atoms with Gasteiger partial charge in [0.15, 0.2) is 5.82 Å². The van der Waals surface area contributed by atoms with Gasteiger partial charge in [0.25, 0.3) is 0 Å². The molecule has 1 atom stereocenters. The molecular formula is C17H23N7O. The van der Waals surface area contributed by atoms with E-state index < -0.39 is 0 Å². The van der Waals surface area contributed by atoms with Crippen molar-refractivity contribution in [3.8, 4) is 5.82 Å². The van der Waals surface area contributed by atoms with E-state index in [0.29, 0.717) is 17.5 Å². The van der Waals surface area contributed by atoms with Crippen molar-refractivity contribution in [1.82, 2.24) is 29.5 Å². The van der Waals surface area contributed by atoms with Crippen LogP contribution in [-0.4, -0.2) is 67.8 Å². The third-order valence-electron chi connectivity index (χ3n) is 4.99. The largest absolute Gasteiger partial charge is 0.323 e. The predicted octanol–water partition coefficient (Wildman–Crippen LogP) is 1.75. The van der Waals surface area contributed by atoms with Gasteiger partial charge in [0, 0.05) is 19.1 Å². The summed E-state index contributed by atoms with van der Waals surface area (Å²) < 4.78 is 1.58. The Morgan fingerprint density at radius 3 is 2.76 bits per heavy atom. The summed E-state index contributed by atoms with van der Waals surface area (Å²) in [5, 5.41) is 7.00. The van der Waals surface area contributed by atoms with Crippen LogP contribution in [0.3, 0.4) is 0 Å². The third-order valence-corrected chi connectivity index (χ3v) is 4.99. The van der Waals surface area contributed by atoms with Crippen LogP contribution in [0.25, 0.3) is 5.82 Å². The van der Waals surface area contributed by atoms with Crippen LogP contribution in [0, 0.1) is 0 Å². The van der Waals surface area contributed by atoms with Crippen molar-refractivity contribution < 1.29 is 4.79 Å². The molecule has 2 aromatic heterocycles. The average Bonchev–Trinajstić information content (AvgIpc) is 3.36. The number of carbonyl (C=O) groups is 1. The predicted molar refractivity (Wildman–Crippen MR) is 93.6 cm³/mol. The average molecular weight is 341 g/mol. The number of likely N-dealkylation sites (tertiary alicyclic amines) is 2. The van der Waals surface area contributed by atoms with Crippen LogP contribution in [0.1, 0.15) is 25.7 Å². The quantitative estimate of drug-likeness (QED) is 0.920. The molecule has 8 heteroatoms. The number of nitrogens with one attached hydrogen (secondary N) is 1. The number of hydrogen-bond acceptors (Lipinski definition) is 5. The van der Waals surface area contributed by atoms with E-state index in [1.807, 2.05) is 17.0 Å². The lowest BCUT2D eigenvalue weighted by Gasteiger charge is -2.37. The van der Waals surface area contributed by atoms with Gasteiger partial charge in [0.1, 0.15) is 12.7 Å². The van der Waals surface area contributed by atoms with Gasteiger partial charge < -0.3 is 10.2 Å². The molecule has 2 fully saturated rings. The molecule has 2 amide bonds. The first kappa shape index (κ1) is 16.0. The highest BCUT2D eigenvalue weighted by atomic mass is 16.2. The molecular weight excluding hydrogens is 318 g/mol. The number of amides is 2. The third kappa shape index (κ3) is 3.63. The Morgan fingerprint density at radius 2 is 2.04 bits per heavy atom. The molecule has 0 radical (unpaired) electrons. The molecule has 1 N–H and O–H groups in total. The van der Waals surface area contributed by atoms with Gasteiger partial charge in [-0.3, -0.25) is 4.90 Å². The molecule has 0 unspecified atom stereocenters. The van der Waals surface area contributed by atoms with Crippen LogP contribution in [0.5, 0.6) is 0 Å². The molecule has 4 heterocycles. The summed E-state index contributed by atoms with van der Waals surface area (Å²) in [7, 11) is 0. The second kappa shape index (κ2) is 7.18. The first-order valence-corrected chi connectivity index (χ1v) is 8.90. The summed E-state index contributed by atoms with van der Waals surface area (Å²) in [6.45, 7) is 3.98. The van der Waals surface area contributed by atoms with E-state index in [1.165, 1.54) is 38.7 Å². The number of carbonyl (C=O) groups excluding carboxylic acids is 1. The van der Waals surface area contributed by atoms with Crippen molar-refractivity contribution in [3.63, 3.8) is 0 Å². The van der Waals surface area contributed by atoms with E-state index in [2.05, 4.69) is 25.3 Å². The van der Waals surface area contributed by atoms with E-state index in [0.717, 1.165) is 19.5 Å². The molecule has 25 heavy (non-hydrogen) atoms. The number of piperidine rings is 1. The van der Waals surface area contributed by atoms with E-state index >= 15 is 0 Å². The van der Waals surface area contributed by atoms with Gasteiger partial charge in [-0.1, -0.05) is 0 Å². The summed E-state index contributed by atoms with van der Waals surface area (Å²) >= 11 is 0. The van der Waals surface area contributed by atoms with Crippen LogP contribution in [0.4, 0.5) is 10.5 Å². The molecule has 0 aliphatic carbocycles. The molecule has 0 bridgehead atoms. The van der Waals surface area contributed by atoms with Crippen LogP contribution in [0.15, 0.2) is 31.0 Å². The number of anilines is 1. The standard InChI is InChI=1S/C17H23N7O/c25-17(23-9-3-4-15(11-23)22-7-1-2-8-22)21-14-5-6-16(19-10-14)24-13-18-12-20-24/h5-6,10,12-13,15H,1-4,7-9,11H2,(H,21,25)/t15-/m1/s1. The lowest BCUT2D eigenvalue weighted by molar-refractivity contribution is 0.132. The van der Waals surface area contributed by atoms with Gasteiger partial charge in [-0.25, -0.2) is 19.4 Å². The molecule has 4 rings (SSSR count). The van der Waals surface area contributed by atoms with E-state index in [1.54, 1.807) is 17.2 Å². The minimum absolute atomic E-state index is 0.0424. The second-order valence-corrected chi connectivity index (χ2v) is 6.66. The Labute approximate surface area is 146 Å². The van der Waals surface area contributed by atoms with Crippen LogP contribution < -0.4 is 5.32 Å². The minimum atomic E-state index is -0.0424. The highest BCUT2D eigenvalue weighted by molar-refractivity contribution is 5.89. The zero-order valence-corrected chi connectivity index (χ0v) is 14.2. The Morgan fingerprint density at radius 1 is 1.16 bits per heavy atom. The van der Waals surface area contributed by atoms with E-state index in [-0.39, 0.29) is 6.03 Å². The van der Waals surface area contributed by atoms with Crippen molar-refractivity contribution >= 4 is 11.7 Å². The maximum absolute atomic E-state index is 12.6. The fourth-order valence-electron chi connectivity index (χ4n) is 3.67. The monoisotopic (exact) mass is 341 g/mol. The number of hydrogen-bond donors (Lipinski definition) is 1. The van der Waals surface area contributed by atoms with Crippen LogP contribution >= 0.6 is 0 Å². The van der Waals surface area contributed by atoms with Crippen molar-refractivity contribution in [2.75, 3.05) is 31.5 Å². The summed E-state index contributed by atoms with van der Waals surface area (Å²) in [6, 6.07) is 4.12. The molecule has 0 aromatic carbocycles. The minimum Gasteiger partial charge on any atom is -0.323 e. The summed E-state index contributed by atoms with van der Waals surface area (Å²) in [5.41, 5.74) is 0.692. The Bertz CT molecular complexity index is 694. The fraction of sp³-hybridized carbons (Fsp3) is 0.529. The molecule has 2 aliphatic rings. The molecule has 0 saturated carbocycles. The van der Waals surface area contributed by atoms with Gasteiger partial charge in [0.05, 0.1) is 11.9 Å². The molecule has 132 valence electrons. The highest BCUT2D eigenvalue weighted by Gasteiger charge is 2.29. The molecule has 2 aliphatic heterocycles. The van der Waals surface area contributed by atoms with Gasteiger partial charge in [-0.2, -0.15) is 5.10 Å². The first-order valence-electron chi connectivity index (χ1n) is 8.90. The lowest BCUT2D eigenvalue weighted by atomic mass is 10.0. The maximum atomic E-state index is 12.6. The van der Waals surface area contributed by atoms with Crippen LogP contribution in [-0.2, 0) is 0 Å². The van der Waals surface area contributed by atoms with Gasteiger partial charge >= 0.3 is 6.03 Å². The Balaban J connectivity index is 1.36. The van der Waals surface area contributed by atoms with Gasteiger partial charge in [0.2, 0.25) is 0 Å². The van der Waals surface area contributed by atoms with E-state index in [9.17, 15) is 4.79 Å². The zero-order chi connectivity index (χ0) is 17.1. The second-order valence-electron chi connectivity index (χ2n) is 6.66. The van der Waals surface area contributed by atoms with Crippen molar-refractivity contribution in [2.24, 2.45) is 0 Å². The van der Waals surface area contributed by atoms with Crippen molar-refractivity contribution in [1.29, 1.82) is 0 Å². The number of urea groups is 1. The first-order chi connectivity index (χ1) is 12.3. The Hall–Kier alpha value is -2.48. The van der Waals surface area contributed by atoms with Crippen molar-refractivity contribution in [2.45, 2.75) is 31.7 Å². The normalized spacial score (nSPS) is 21.4. The van der Waals surface area contributed by atoms with E-state index in [4.69, 9.17) is 0 Å². The topological polar surface area (TPSA) is 79.2 Å². The number of aromatic nitrogens is 4. The van der Waals surface area contributed by atoms with Crippen LogP contribution in [0.2, 0.25) is 0 Å². The smallest absolute Gasteiger partial charge is 0.321 e. The number of rotatable bonds is 3. The molecule has 2 aromatic rings. The fourth-order valence-corrected chi connectivity index (χ4v) is 3.67. The molecule has 2 saturated heterocycles. The highest BCUT2D eigenvalue weighted by Crippen LogP contribution is 2.21. The molecule has 0 spiro atoms.